The highest BCUT2D eigenvalue weighted by atomic mass is 16.5. The van der Waals surface area contributed by atoms with Crippen LogP contribution in [-0.2, 0) is 11.2 Å². The average Bonchev–Trinajstić information content (AvgIpc) is 3.12. The molecule has 0 N–H and O–H groups in total. The normalized spacial score (nSPS) is 11.6. The Bertz CT molecular complexity index is 1210. The summed E-state index contributed by atoms with van der Waals surface area (Å²) in [5.74, 6) is -0.0158. The molecule has 0 bridgehead atoms. The second-order valence-electron chi connectivity index (χ2n) is 7.15. The van der Waals surface area contributed by atoms with Crippen molar-refractivity contribution in [3.63, 3.8) is 0 Å². The summed E-state index contributed by atoms with van der Waals surface area (Å²) >= 11 is 0. The van der Waals surface area contributed by atoms with Crippen LogP contribution in [0.25, 0.3) is 33.5 Å². The molecule has 4 aromatic rings. The minimum absolute atomic E-state index is 0.359. The minimum Gasteiger partial charge on any atom is -0.407 e. The molecule has 3 nitrogen and oxygen atoms in total. The molecule has 1 aliphatic rings. The molecule has 0 atom stereocenters. The van der Waals surface area contributed by atoms with Gasteiger partial charge in [0.15, 0.2) is 0 Å². The van der Waals surface area contributed by atoms with Crippen LogP contribution in [0.4, 0.5) is 0 Å². The third-order valence-corrected chi connectivity index (χ3v) is 5.27. The van der Waals surface area contributed by atoms with E-state index in [2.05, 4.69) is 30.3 Å². The van der Waals surface area contributed by atoms with Crippen molar-refractivity contribution in [1.82, 2.24) is 4.98 Å². The van der Waals surface area contributed by atoms with Crippen molar-refractivity contribution in [3.05, 3.63) is 96.1 Å². The standard InChI is InChI=1S/C26H19NO2/c1-17(28)29-26-24(19-12-6-3-7-13-19)23(18-10-4-2-5-11-18)22-16-20-14-8-9-15-21(20)25(22)27-26/h2-15H,16H2,1H3. The lowest BCUT2D eigenvalue weighted by Crippen LogP contribution is -2.07. The number of nitrogens with zero attached hydrogens (tertiary/aromatic N) is 1. The summed E-state index contributed by atoms with van der Waals surface area (Å²) in [7, 11) is 0. The number of rotatable bonds is 3. The first kappa shape index (κ1) is 17.4. The third kappa shape index (κ3) is 3.01. The molecule has 1 heterocycles. The number of aromatic nitrogens is 1. The first-order valence-electron chi connectivity index (χ1n) is 9.67. The molecule has 0 saturated carbocycles. The van der Waals surface area contributed by atoms with Crippen LogP contribution < -0.4 is 4.74 Å². The molecule has 5 rings (SSSR count). The van der Waals surface area contributed by atoms with Gasteiger partial charge in [-0.1, -0.05) is 84.9 Å². The first-order chi connectivity index (χ1) is 14.2. The van der Waals surface area contributed by atoms with Gasteiger partial charge < -0.3 is 4.74 Å². The molecule has 3 heteroatoms. The lowest BCUT2D eigenvalue weighted by Gasteiger charge is -2.18. The van der Waals surface area contributed by atoms with E-state index < -0.39 is 0 Å². The van der Waals surface area contributed by atoms with Crippen molar-refractivity contribution >= 4 is 5.97 Å². The molecule has 3 aromatic carbocycles. The van der Waals surface area contributed by atoms with E-state index in [-0.39, 0.29) is 5.97 Å². The Kier molecular flexibility index (Phi) is 4.21. The number of carbonyl (C=O) groups is 1. The third-order valence-electron chi connectivity index (χ3n) is 5.27. The maximum atomic E-state index is 11.9. The number of ether oxygens (including phenoxy) is 1. The molecule has 0 unspecified atom stereocenters. The zero-order valence-electron chi connectivity index (χ0n) is 16.1. The van der Waals surface area contributed by atoms with Crippen LogP contribution in [0.2, 0.25) is 0 Å². The van der Waals surface area contributed by atoms with E-state index in [9.17, 15) is 4.79 Å². The van der Waals surface area contributed by atoms with Crippen molar-refractivity contribution in [1.29, 1.82) is 0 Å². The van der Waals surface area contributed by atoms with Gasteiger partial charge in [0.05, 0.1) is 11.3 Å². The Morgan fingerprint density at radius 1 is 0.793 bits per heavy atom. The van der Waals surface area contributed by atoms with E-state index in [0.717, 1.165) is 39.9 Å². The highest BCUT2D eigenvalue weighted by Crippen LogP contribution is 2.48. The van der Waals surface area contributed by atoms with Gasteiger partial charge in [-0.25, -0.2) is 4.98 Å². The molecule has 140 valence electrons. The topological polar surface area (TPSA) is 39.2 Å². The maximum absolute atomic E-state index is 11.9. The summed E-state index contributed by atoms with van der Waals surface area (Å²) in [5, 5.41) is 0. The van der Waals surface area contributed by atoms with Gasteiger partial charge in [-0.2, -0.15) is 0 Å². The van der Waals surface area contributed by atoms with Crippen LogP contribution >= 0.6 is 0 Å². The number of benzene rings is 3. The molecular formula is C26H19NO2. The number of hydrogen-bond donors (Lipinski definition) is 0. The zero-order chi connectivity index (χ0) is 19.8. The van der Waals surface area contributed by atoms with Crippen LogP contribution in [-0.4, -0.2) is 11.0 Å². The lowest BCUT2D eigenvalue weighted by molar-refractivity contribution is -0.132. The molecule has 0 fully saturated rings. The largest absolute Gasteiger partial charge is 0.407 e. The molecular weight excluding hydrogens is 358 g/mol. The molecule has 0 radical (unpaired) electrons. The second-order valence-corrected chi connectivity index (χ2v) is 7.15. The maximum Gasteiger partial charge on any atom is 0.309 e. The van der Waals surface area contributed by atoms with Crippen LogP contribution in [0.1, 0.15) is 18.1 Å². The Balaban J connectivity index is 1.89. The number of carbonyl (C=O) groups excluding carboxylic acids is 1. The first-order valence-corrected chi connectivity index (χ1v) is 9.67. The van der Waals surface area contributed by atoms with Crippen molar-refractivity contribution in [2.75, 3.05) is 0 Å². The fourth-order valence-corrected chi connectivity index (χ4v) is 4.10. The Morgan fingerprint density at radius 3 is 2.03 bits per heavy atom. The van der Waals surface area contributed by atoms with Crippen LogP contribution in [0, 0.1) is 0 Å². The molecule has 0 amide bonds. The van der Waals surface area contributed by atoms with E-state index in [4.69, 9.17) is 9.72 Å². The fourth-order valence-electron chi connectivity index (χ4n) is 4.10. The van der Waals surface area contributed by atoms with E-state index in [1.807, 2.05) is 54.6 Å². The summed E-state index contributed by atoms with van der Waals surface area (Å²) in [6, 6.07) is 28.6. The summed E-state index contributed by atoms with van der Waals surface area (Å²) in [6.45, 7) is 1.42. The van der Waals surface area contributed by atoms with E-state index in [1.54, 1.807) is 0 Å². The van der Waals surface area contributed by atoms with E-state index in [0.29, 0.717) is 5.88 Å². The van der Waals surface area contributed by atoms with Gasteiger partial charge >= 0.3 is 5.97 Å². The van der Waals surface area contributed by atoms with Gasteiger partial charge in [0.25, 0.3) is 0 Å². The zero-order valence-corrected chi connectivity index (χ0v) is 16.1. The van der Waals surface area contributed by atoms with Crippen LogP contribution in [0.15, 0.2) is 84.9 Å². The predicted octanol–water partition coefficient (Wildman–Crippen LogP) is 5.91. The lowest BCUT2D eigenvalue weighted by atomic mass is 9.90. The monoisotopic (exact) mass is 377 g/mol. The van der Waals surface area contributed by atoms with Crippen molar-refractivity contribution < 1.29 is 9.53 Å². The summed E-state index contributed by atoms with van der Waals surface area (Å²) in [5.41, 5.74) is 8.43. The second kappa shape index (κ2) is 7.02. The summed E-state index contributed by atoms with van der Waals surface area (Å²) < 4.78 is 5.65. The fraction of sp³-hybridized carbons (Fsp3) is 0.0769. The highest BCUT2D eigenvalue weighted by Gasteiger charge is 2.29. The van der Waals surface area contributed by atoms with Gasteiger partial charge in [0.1, 0.15) is 0 Å². The van der Waals surface area contributed by atoms with Gasteiger partial charge in [-0.15, -0.1) is 0 Å². The van der Waals surface area contributed by atoms with Crippen molar-refractivity contribution in [2.45, 2.75) is 13.3 Å². The smallest absolute Gasteiger partial charge is 0.309 e. The Hall–Kier alpha value is -3.72. The summed E-state index contributed by atoms with van der Waals surface area (Å²) in [4.78, 5) is 16.8. The van der Waals surface area contributed by atoms with Gasteiger partial charge in [-0.05, 0) is 22.3 Å². The van der Waals surface area contributed by atoms with Gasteiger partial charge in [-0.3, -0.25) is 4.79 Å². The molecule has 0 aliphatic heterocycles. The number of pyridine rings is 1. The highest BCUT2D eigenvalue weighted by molar-refractivity contribution is 5.95. The Morgan fingerprint density at radius 2 is 1.38 bits per heavy atom. The number of fused-ring (bicyclic) bond motifs is 3. The molecule has 1 aliphatic carbocycles. The van der Waals surface area contributed by atoms with Crippen LogP contribution in [0.3, 0.4) is 0 Å². The molecule has 0 spiro atoms. The van der Waals surface area contributed by atoms with Crippen LogP contribution in [0.5, 0.6) is 5.88 Å². The summed E-state index contributed by atoms with van der Waals surface area (Å²) in [6.07, 6.45) is 0.808. The SMILES string of the molecule is CC(=O)Oc1nc2c(c(-c3ccccc3)c1-c1ccccc1)Cc1ccccc1-2. The van der Waals surface area contributed by atoms with E-state index in [1.165, 1.54) is 18.1 Å². The number of hydrogen-bond acceptors (Lipinski definition) is 3. The van der Waals surface area contributed by atoms with Gasteiger partial charge in [0, 0.05) is 24.5 Å². The minimum atomic E-state index is -0.375. The number of esters is 1. The van der Waals surface area contributed by atoms with Crippen molar-refractivity contribution in [2.24, 2.45) is 0 Å². The van der Waals surface area contributed by atoms with Gasteiger partial charge in [0.2, 0.25) is 5.88 Å². The molecule has 0 saturated heterocycles. The quantitative estimate of drug-likeness (QED) is 0.367. The predicted molar refractivity (Wildman–Crippen MR) is 115 cm³/mol. The Labute approximate surface area is 169 Å². The molecule has 29 heavy (non-hydrogen) atoms. The average molecular weight is 377 g/mol. The molecule has 1 aromatic heterocycles. The van der Waals surface area contributed by atoms with Crippen molar-refractivity contribution in [3.8, 4) is 39.4 Å². The van der Waals surface area contributed by atoms with E-state index >= 15 is 0 Å².